The molecule has 2 nitrogen and oxygen atoms in total. The number of allylic oxidation sites excluding steroid dienone is 1. The first-order valence-electron chi connectivity index (χ1n) is 4.40. The van der Waals surface area contributed by atoms with Gasteiger partial charge in [0.1, 0.15) is 12.4 Å². The van der Waals surface area contributed by atoms with Crippen LogP contribution in [0.15, 0.2) is 36.9 Å². The van der Waals surface area contributed by atoms with Gasteiger partial charge in [-0.1, -0.05) is 24.3 Å². The van der Waals surface area contributed by atoms with Crippen LogP contribution >= 0.6 is 0 Å². The van der Waals surface area contributed by atoms with E-state index in [2.05, 4.69) is 6.58 Å². The van der Waals surface area contributed by atoms with Crippen LogP contribution in [-0.4, -0.2) is 13.2 Å². The zero-order valence-electron chi connectivity index (χ0n) is 8.08. The molecular weight excluding hydrogens is 198 g/mol. The summed E-state index contributed by atoms with van der Waals surface area (Å²) in [6.07, 6.45) is 2.70. The van der Waals surface area contributed by atoms with Crippen molar-refractivity contribution in [2.75, 3.05) is 13.2 Å². The number of benzene rings is 1. The lowest BCUT2D eigenvalue weighted by Gasteiger charge is -2.08. The zero-order valence-corrected chi connectivity index (χ0v) is 8.83. The van der Waals surface area contributed by atoms with Crippen LogP contribution in [0, 0.1) is 0 Å². The molecule has 0 amide bonds. The highest BCUT2D eigenvalue weighted by Gasteiger charge is 1.99. The Bertz CT molecular complexity index is 276. The molecule has 1 rings (SSSR count). The minimum Gasteiger partial charge on any atom is -1.00 e. The number of ether oxygens (including phenoxy) is 1. The molecule has 0 radical (unpaired) electrons. The summed E-state index contributed by atoms with van der Waals surface area (Å²) in [5.74, 6) is 0.910. The highest BCUT2D eigenvalue weighted by Crippen LogP contribution is 2.18. The van der Waals surface area contributed by atoms with Gasteiger partial charge in [-0.15, -0.1) is 6.58 Å². The number of para-hydroxylation sites is 1. The maximum absolute atomic E-state index is 5.47. The molecule has 0 aliphatic carbocycles. The third-order valence-corrected chi connectivity index (χ3v) is 1.71. The molecule has 0 aromatic heterocycles. The van der Waals surface area contributed by atoms with Crippen molar-refractivity contribution in [1.82, 2.24) is 0 Å². The van der Waals surface area contributed by atoms with E-state index in [0.29, 0.717) is 13.2 Å². The first kappa shape index (κ1) is 13.0. The van der Waals surface area contributed by atoms with Crippen molar-refractivity contribution in [1.29, 1.82) is 0 Å². The molecule has 0 heterocycles. The highest BCUT2D eigenvalue weighted by molar-refractivity contribution is 5.34. The van der Waals surface area contributed by atoms with E-state index in [9.17, 15) is 0 Å². The Hall–Kier alpha value is -0.990. The summed E-state index contributed by atoms with van der Waals surface area (Å²) in [7, 11) is 0. The van der Waals surface area contributed by atoms with E-state index in [1.165, 1.54) is 0 Å². The lowest BCUT2D eigenvalue weighted by Crippen LogP contribution is -3.00. The quantitative estimate of drug-likeness (QED) is 0.620. The third kappa shape index (κ3) is 3.81. The van der Waals surface area contributed by atoms with E-state index < -0.39 is 0 Å². The van der Waals surface area contributed by atoms with Gasteiger partial charge in [0, 0.05) is 6.54 Å². The minimum atomic E-state index is 0. The van der Waals surface area contributed by atoms with Gasteiger partial charge in [0.25, 0.3) is 0 Å². The zero-order chi connectivity index (χ0) is 9.52. The number of hydrogen-bond donors (Lipinski definition) is 1. The van der Waals surface area contributed by atoms with E-state index in [1.807, 2.05) is 30.3 Å². The van der Waals surface area contributed by atoms with E-state index in [-0.39, 0.29) is 12.4 Å². The van der Waals surface area contributed by atoms with Gasteiger partial charge in [-0.2, -0.15) is 0 Å². The molecule has 3 heteroatoms. The standard InChI is InChI=1S/C11H15NO.ClH/c1-2-5-10-6-3-4-7-11(10)13-9-8-12;/h2-4,6-7H,1,5,8-9,12H2;1H/p-1. The summed E-state index contributed by atoms with van der Waals surface area (Å²) < 4.78 is 5.47. The molecule has 0 unspecified atom stereocenters. The molecule has 1 aromatic carbocycles. The smallest absolute Gasteiger partial charge is 0.122 e. The van der Waals surface area contributed by atoms with Gasteiger partial charge in [0.15, 0.2) is 0 Å². The molecule has 0 fully saturated rings. The second-order valence-corrected chi connectivity index (χ2v) is 2.74. The molecule has 0 saturated carbocycles. The molecular formula is C11H15ClNO-. The Labute approximate surface area is 91.2 Å². The molecule has 0 spiro atoms. The maximum atomic E-state index is 5.47. The van der Waals surface area contributed by atoms with Crippen LogP contribution in [0.1, 0.15) is 5.56 Å². The molecule has 0 aliphatic rings. The van der Waals surface area contributed by atoms with Crippen LogP contribution in [0.5, 0.6) is 5.75 Å². The van der Waals surface area contributed by atoms with Gasteiger partial charge in [-0.25, -0.2) is 0 Å². The van der Waals surface area contributed by atoms with Crippen molar-refractivity contribution in [3.63, 3.8) is 0 Å². The predicted octanol–water partition coefficient (Wildman–Crippen LogP) is -1.24. The largest absolute Gasteiger partial charge is 1.00 e. The van der Waals surface area contributed by atoms with Gasteiger partial charge in [-0.05, 0) is 18.1 Å². The summed E-state index contributed by atoms with van der Waals surface area (Å²) in [5.41, 5.74) is 6.51. The van der Waals surface area contributed by atoms with Gasteiger partial charge in [0.05, 0.1) is 0 Å². The lowest BCUT2D eigenvalue weighted by atomic mass is 10.1. The minimum absolute atomic E-state index is 0. The van der Waals surface area contributed by atoms with Crippen LogP contribution in [0.25, 0.3) is 0 Å². The summed E-state index contributed by atoms with van der Waals surface area (Å²) in [6.45, 7) is 4.80. The van der Waals surface area contributed by atoms with Gasteiger partial charge in [0.2, 0.25) is 0 Å². The van der Waals surface area contributed by atoms with E-state index in [1.54, 1.807) is 0 Å². The summed E-state index contributed by atoms with van der Waals surface area (Å²) in [6, 6.07) is 7.94. The normalized spacial score (nSPS) is 8.93. The Morgan fingerprint density at radius 1 is 1.36 bits per heavy atom. The average molecular weight is 213 g/mol. The topological polar surface area (TPSA) is 35.2 Å². The lowest BCUT2D eigenvalue weighted by molar-refractivity contribution is -0.00000314. The van der Waals surface area contributed by atoms with Crippen LogP contribution < -0.4 is 22.9 Å². The fourth-order valence-corrected chi connectivity index (χ4v) is 1.14. The number of nitrogens with two attached hydrogens (primary N) is 1. The van der Waals surface area contributed by atoms with Crippen LogP contribution in [0.4, 0.5) is 0 Å². The van der Waals surface area contributed by atoms with Crippen LogP contribution in [0.3, 0.4) is 0 Å². The van der Waals surface area contributed by atoms with E-state index in [4.69, 9.17) is 10.5 Å². The molecule has 78 valence electrons. The van der Waals surface area contributed by atoms with Gasteiger partial charge >= 0.3 is 0 Å². The summed E-state index contributed by atoms with van der Waals surface area (Å²) in [4.78, 5) is 0. The molecule has 0 bridgehead atoms. The first-order chi connectivity index (χ1) is 6.38. The Balaban J connectivity index is 0.00000169. The van der Waals surface area contributed by atoms with Crippen molar-refractivity contribution in [3.8, 4) is 5.75 Å². The highest BCUT2D eigenvalue weighted by atomic mass is 35.5. The van der Waals surface area contributed by atoms with Crippen LogP contribution in [-0.2, 0) is 6.42 Å². The maximum Gasteiger partial charge on any atom is 0.122 e. The summed E-state index contributed by atoms with van der Waals surface area (Å²) in [5, 5.41) is 0. The second-order valence-electron chi connectivity index (χ2n) is 2.74. The van der Waals surface area contributed by atoms with Gasteiger partial charge < -0.3 is 22.9 Å². The molecule has 0 atom stereocenters. The average Bonchev–Trinajstić information content (AvgIpc) is 2.17. The first-order valence-corrected chi connectivity index (χ1v) is 4.40. The Morgan fingerprint density at radius 3 is 2.71 bits per heavy atom. The van der Waals surface area contributed by atoms with Crippen molar-refractivity contribution in [2.24, 2.45) is 5.73 Å². The van der Waals surface area contributed by atoms with Crippen molar-refractivity contribution < 1.29 is 17.1 Å². The second kappa shape index (κ2) is 7.42. The number of hydrogen-bond acceptors (Lipinski definition) is 2. The molecule has 0 saturated heterocycles. The fraction of sp³-hybridized carbons (Fsp3) is 0.273. The molecule has 0 aliphatic heterocycles. The fourth-order valence-electron chi connectivity index (χ4n) is 1.14. The third-order valence-electron chi connectivity index (χ3n) is 1.71. The number of halogens is 1. The number of rotatable bonds is 5. The SMILES string of the molecule is C=CCc1ccccc1OCCN.[Cl-]. The Kier molecular flexibility index (Phi) is 6.89. The molecule has 14 heavy (non-hydrogen) atoms. The summed E-state index contributed by atoms with van der Waals surface area (Å²) >= 11 is 0. The predicted molar refractivity (Wildman–Crippen MR) is 54.9 cm³/mol. The van der Waals surface area contributed by atoms with E-state index >= 15 is 0 Å². The van der Waals surface area contributed by atoms with Crippen molar-refractivity contribution in [3.05, 3.63) is 42.5 Å². The van der Waals surface area contributed by atoms with Crippen molar-refractivity contribution in [2.45, 2.75) is 6.42 Å². The van der Waals surface area contributed by atoms with Crippen LogP contribution in [0.2, 0.25) is 0 Å². The molecule has 1 aromatic rings. The van der Waals surface area contributed by atoms with E-state index in [0.717, 1.165) is 17.7 Å². The Morgan fingerprint density at radius 2 is 2.07 bits per heavy atom. The monoisotopic (exact) mass is 212 g/mol. The van der Waals surface area contributed by atoms with Crippen molar-refractivity contribution >= 4 is 0 Å². The van der Waals surface area contributed by atoms with Gasteiger partial charge in [-0.3, -0.25) is 0 Å². The molecule has 2 N–H and O–H groups in total.